The summed E-state index contributed by atoms with van der Waals surface area (Å²) in [7, 11) is -3.37. The number of hydrogen-bond donors (Lipinski definition) is 2. The van der Waals surface area contributed by atoms with E-state index in [1.807, 2.05) is 0 Å². The average Bonchev–Trinajstić information content (AvgIpc) is 3.30. The average molecular weight is 467 g/mol. The maximum atomic E-state index is 12.8. The Morgan fingerprint density at radius 1 is 1.17 bits per heavy atom. The van der Waals surface area contributed by atoms with E-state index in [0.717, 1.165) is 0 Å². The Hall–Kier alpha value is -2.75. The molecule has 4 rings (SSSR count). The molecule has 0 unspecified atom stereocenters. The number of nitrogens with one attached hydrogen (secondary N) is 2. The molecular weight excluding hydrogens is 451 g/mol. The molecule has 1 aromatic heterocycles. The lowest BCUT2D eigenvalue weighted by Crippen LogP contribution is -2.25. The van der Waals surface area contributed by atoms with Crippen LogP contribution < -0.4 is 14.4 Å². The highest BCUT2D eigenvalue weighted by molar-refractivity contribution is 7.93. The monoisotopic (exact) mass is 466 g/mol. The number of rotatable bonds is 5. The van der Waals surface area contributed by atoms with Crippen LogP contribution in [0.25, 0.3) is 0 Å². The van der Waals surface area contributed by atoms with E-state index in [0.29, 0.717) is 40.9 Å². The van der Waals surface area contributed by atoms with Crippen LogP contribution in [0.4, 0.5) is 11.4 Å². The Bertz CT molecular complexity index is 1200. The molecule has 0 atom stereocenters. The van der Waals surface area contributed by atoms with Crippen LogP contribution in [0, 0.1) is 0 Å². The zero-order valence-electron chi connectivity index (χ0n) is 15.4. The Kier molecular flexibility index (Phi) is 5.59. The fourth-order valence-corrected chi connectivity index (χ4v) is 5.08. The van der Waals surface area contributed by atoms with Gasteiger partial charge < -0.3 is 10.1 Å². The standard InChI is InChI=1S/C19H16Cl2N4O4S/c20-12-6-13(8-15(7-12)29-16-10-22-23-11-16)24-19(26)17-9-14(2-3-18(17)21)25-4-1-5-30(25,27)28/h2-3,6-11H,1,4-5H2,(H,22,23)(H,24,26). The number of halogens is 2. The summed E-state index contributed by atoms with van der Waals surface area (Å²) in [6.07, 6.45) is 3.60. The van der Waals surface area contributed by atoms with Crippen molar-refractivity contribution in [1.29, 1.82) is 0 Å². The second kappa shape index (κ2) is 8.17. The van der Waals surface area contributed by atoms with Crippen LogP contribution in [0.2, 0.25) is 10.0 Å². The predicted molar refractivity (Wildman–Crippen MR) is 115 cm³/mol. The molecule has 11 heteroatoms. The fraction of sp³-hybridized carbons (Fsp3) is 0.158. The second-order valence-corrected chi connectivity index (χ2v) is 9.43. The molecule has 0 radical (unpaired) electrons. The predicted octanol–water partition coefficient (Wildman–Crippen LogP) is 4.30. The fourth-order valence-electron chi connectivity index (χ4n) is 3.10. The number of amides is 1. The van der Waals surface area contributed by atoms with Gasteiger partial charge in [-0.3, -0.25) is 14.2 Å². The summed E-state index contributed by atoms with van der Waals surface area (Å²) in [5.41, 5.74) is 0.937. The van der Waals surface area contributed by atoms with Crippen LogP contribution in [-0.2, 0) is 10.0 Å². The van der Waals surface area contributed by atoms with Gasteiger partial charge in [0.1, 0.15) is 5.75 Å². The lowest BCUT2D eigenvalue weighted by atomic mass is 10.1. The van der Waals surface area contributed by atoms with Gasteiger partial charge in [-0.2, -0.15) is 5.10 Å². The van der Waals surface area contributed by atoms with Crippen LogP contribution in [0.1, 0.15) is 16.8 Å². The number of aromatic nitrogens is 2. The van der Waals surface area contributed by atoms with Crippen LogP contribution >= 0.6 is 23.2 Å². The molecule has 1 saturated heterocycles. The number of aromatic amines is 1. The Morgan fingerprint density at radius 2 is 2.00 bits per heavy atom. The summed E-state index contributed by atoms with van der Waals surface area (Å²) in [6, 6.07) is 9.30. The minimum Gasteiger partial charge on any atom is -0.454 e. The number of anilines is 2. The van der Waals surface area contributed by atoms with Gasteiger partial charge in [0, 0.05) is 23.3 Å². The number of carbonyl (C=O) groups excluding carboxylic acids is 1. The third-order valence-electron chi connectivity index (χ3n) is 4.42. The lowest BCUT2D eigenvalue weighted by molar-refractivity contribution is 0.102. The first-order valence-corrected chi connectivity index (χ1v) is 11.3. The van der Waals surface area contributed by atoms with Crippen molar-refractivity contribution in [2.75, 3.05) is 21.9 Å². The van der Waals surface area contributed by atoms with Crippen molar-refractivity contribution in [3.8, 4) is 11.5 Å². The van der Waals surface area contributed by atoms with Crippen molar-refractivity contribution >= 4 is 50.5 Å². The van der Waals surface area contributed by atoms with Crippen LogP contribution in [0.5, 0.6) is 11.5 Å². The van der Waals surface area contributed by atoms with E-state index in [1.54, 1.807) is 30.5 Å². The summed E-state index contributed by atoms with van der Waals surface area (Å²) < 4.78 is 31.3. The highest BCUT2D eigenvalue weighted by atomic mass is 35.5. The highest BCUT2D eigenvalue weighted by Crippen LogP contribution is 2.31. The first kappa shape index (κ1) is 20.5. The minimum atomic E-state index is -3.37. The molecule has 0 spiro atoms. The number of carbonyl (C=O) groups is 1. The van der Waals surface area contributed by atoms with Crippen LogP contribution in [0.15, 0.2) is 48.8 Å². The van der Waals surface area contributed by atoms with E-state index in [2.05, 4.69) is 15.5 Å². The lowest BCUT2D eigenvalue weighted by Gasteiger charge is -2.18. The van der Waals surface area contributed by atoms with Gasteiger partial charge in [-0.25, -0.2) is 8.42 Å². The van der Waals surface area contributed by atoms with Gasteiger partial charge in [0.25, 0.3) is 5.91 Å². The summed E-state index contributed by atoms with van der Waals surface area (Å²) in [5, 5.41) is 9.71. The van der Waals surface area contributed by atoms with Gasteiger partial charge in [0.05, 0.1) is 34.4 Å². The number of hydrogen-bond acceptors (Lipinski definition) is 5. The van der Waals surface area contributed by atoms with Gasteiger partial charge in [0.15, 0.2) is 5.75 Å². The van der Waals surface area contributed by atoms with Crippen molar-refractivity contribution in [1.82, 2.24) is 10.2 Å². The van der Waals surface area contributed by atoms with Gasteiger partial charge in [-0.05, 0) is 36.8 Å². The molecule has 2 aromatic carbocycles. The summed E-state index contributed by atoms with van der Waals surface area (Å²) in [4.78, 5) is 12.8. The number of ether oxygens (including phenoxy) is 1. The molecule has 1 fully saturated rings. The Balaban J connectivity index is 1.58. The minimum absolute atomic E-state index is 0.0825. The largest absolute Gasteiger partial charge is 0.454 e. The molecule has 1 amide bonds. The molecule has 8 nitrogen and oxygen atoms in total. The molecule has 0 saturated carbocycles. The van der Waals surface area contributed by atoms with Crippen molar-refractivity contribution in [3.05, 3.63) is 64.4 Å². The molecule has 0 bridgehead atoms. The SMILES string of the molecule is O=C(Nc1cc(Cl)cc(Oc2cn[nH]c2)c1)c1cc(N2CCCS2(=O)=O)ccc1Cl. The molecule has 2 N–H and O–H groups in total. The zero-order chi connectivity index (χ0) is 21.3. The quantitative estimate of drug-likeness (QED) is 0.582. The number of benzene rings is 2. The first-order chi connectivity index (χ1) is 14.3. The third-order valence-corrected chi connectivity index (χ3v) is 6.84. The van der Waals surface area contributed by atoms with E-state index in [4.69, 9.17) is 27.9 Å². The molecule has 1 aliphatic heterocycles. The van der Waals surface area contributed by atoms with Crippen LogP contribution in [-0.4, -0.2) is 36.8 Å². The molecule has 30 heavy (non-hydrogen) atoms. The Morgan fingerprint density at radius 3 is 2.70 bits per heavy atom. The molecule has 2 heterocycles. The normalized spacial score (nSPS) is 15.2. The second-order valence-electron chi connectivity index (χ2n) is 6.57. The van der Waals surface area contributed by atoms with Crippen molar-refractivity contribution in [2.45, 2.75) is 6.42 Å². The highest BCUT2D eigenvalue weighted by Gasteiger charge is 2.29. The van der Waals surface area contributed by atoms with Crippen molar-refractivity contribution in [2.24, 2.45) is 0 Å². The van der Waals surface area contributed by atoms with E-state index in [1.165, 1.54) is 22.6 Å². The van der Waals surface area contributed by atoms with Crippen molar-refractivity contribution in [3.63, 3.8) is 0 Å². The van der Waals surface area contributed by atoms with E-state index < -0.39 is 15.9 Å². The first-order valence-electron chi connectivity index (χ1n) is 8.90. The summed E-state index contributed by atoms with van der Waals surface area (Å²) in [6.45, 7) is 0.369. The third kappa shape index (κ3) is 4.38. The number of sulfonamides is 1. The number of H-pyrrole nitrogens is 1. The van der Waals surface area contributed by atoms with Gasteiger partial charge in [-0.1, -0.05) is 23.2 Å². The molecule has 1 aliphatic rings. The maximum Gasteiger partial charge on any atom is 0.257 e. The molecule has 3 aromatic rings. The van der Waals surface area contributed by atoms with Crippen molar-refractivity contribution < 1.29 is 17.9 Å². The zero-order valence-corrected chi connectivity index (χ0v) is 17.8. The maximum absolute atomic E-state index is 12.8. The van der Waals surface area contributed by atoms with E-state index >= 15 is 0 Å². The van der Waals surface area contributed by atoms with E-state index in [9.17, 15) is 13.2 Å². The van der Waals surface area contributed by atoms with Gasteiger partial charge in [0.2, 0.25) is 10.0 Å². The molecule has 156 valence electrons. The molecular formula is C19H16Cl2N4O4S. The topological polar surface area (TPSA) is 104 Å². The summed E-state index contributed by atoms with van der Waals surface area (Å²) in [5.74, 6) is 0.466. The molecule has 0 aliphatic carbocycles. The smallest absolute Gasteiger partial charge is 0.257 e. The summed E-state index contributed by atoms with van der Waals surface area (Å²) >= 11 is 12.3. The van der Waals surface area contributed by atoms with Gasteiger partial charge >= 0.3 is 0 Å². The van der Waals surface area contributed by atoms with E-state index in [-0.39, 0.29) is 16.3 Å². The Labute approximate surface area is 182 Å². The van der Waals surface area contributed by atoms with Gasteiger partial charge in [-0.15, -0.1) is 0 Å². The van der Waals surface area contributed by atoms with Crippen LogP contribution in [0.3, 0.4) is 0 Å². The number of nitrogens with zero attached hydrogens (tertiary/aromatic N) is 2.